The molecule has 0 radical (unpaired) electrons. The quantitative estimate of drug-likeness (QED) is 0.498. The Morgan fingerprint density at radius 2 is 1.82 bits per heavy atom. The number of aryl methyl sites for hydroxylation is 2. The number of nitrogens with zero attached hydrogens (tertiary/aromatic N) is 7. The van der Waals surface area contributed by atoms with E-state index in [-0.39, 0.29) is 17.3 Å². The number of carbonyl (C=O) groups is 1. The molecule has 1 fully saturated rings. The van der Waals surface area contributed by atoms with Crippen molar-refractivity contribution < 1.29 is 22.7 Å². The number of amides is 1. The molecule has 1 atom stereocenters. The first-order valence-electron chi connectivity index (χ1n) is 12.5. The highest BCUT2D eigenvalue weighted by molar-refractivity contribution is 6.05. The summed E-state index contributed by atoms with van der Waals surface area (Å²) in [5, 5.41) is 17.3. The number of aromatic nitrogens is 3. The van der Waals surface area contributed by atoms with Crippen LogP contribution in [0.5, 0.6) is 0 Å². The van der Waals surface area contributed by atoms with Crippen LogP contribution in [0.15, 0.2) is 40.9 Å². The second-order valence-corrected chi connectivity index (χ2v) is 9.66. The molecule has 1 aromatic carbocycles. The summed E-state index contributed by atoms with van der Waals surface area (Å²) in [6.45, 7) is 7.66. The SMILES string of the molecule is Cc1ncc(C(=O)Nc2cc(C(F)(F)F)cc(N3CCOCC3)c2C)cc1N1CC(c2cnn(C)c2C)N=N1. The number of halogens is 3. The van der Waals surface area contributed by atoms with E-state index in [4.69, 9.17) is 4.74 Å². The lowest BCUT2D eigenvalue weighted by Gasteiger charge is -2.31. The number of hydrogen-bond acceptors (Lipinski definition) is 8. The Hall–Kier alpha value is -4.00. The van der Waals surface area contributed by atoms with E-state index in [2.05, 4.69) is 25.7 Å². The molecule has 5 rings (SSSR count). The number of nitrogens with one attached hydrogen (secondary N) is 1. The van der Waals surface area contributed by atoms with Crippen molar-refractivity contribution in [3.8, 4) is 0 Å². The number of pyridine rings is 1. The summed E-state index contributed by atoms with van der Waals surface area (Å²) in [5.74, 6) is -0.574. The number of anilines is 3. The minimum Gasteiger partial charge on any atom is -0.378 e. The van der Waals surface area contributed by atoms with Crippen LogP contribution in [0.4, 0.5) is 30.2 Å². The van der Waals surface area contributed by atoms with Crippen LogP contribution in [0.2, 0.25) is 0 Å². The van der Waals surface area contributed by atoms with Crippen molar-refractivity contribution in [2.24, 2.45) is 17.4 Å². The fraction of sp³-hybridized carbons (Fsp3) is 0.423. The molecule has 3 aromatic rings. The Bertz CT molecular complexity index is 1430. The molecule has 2 aliphatic heterocycles. The molecule has 206 valence electrons. The van der Waals surface area contributed by atoms with Crippen LogP contribution >= 0.6 is 0 Å². The van der Waals surface area contributed by atoms with E-state index in [1.807, 2.05) is 18.9 Å². The third kappa shape index (κ3) is 5.31. The van der Waals surface area contributed by atoms with Gasteiger partial charge in [0, 0.05) is 49.0 Å². The topological polar surface area (TPSA) is 100 Å². The van der Waals surface area contributed by atoms with Crippen LogP contribution in [-0.4, -0.2) is 53.5 Å². The summed E-state index contributed by atoms with van der Waals surface area (Å²) in [7, 11) is 1.86. The summed E-state index contributed by atoms with van der Waals surface area (Å²) in [4.78, 5) is 19.5. The zero-order valence-corrected chi connectivity index (χ0v) is 22.1. The highest BCUT2D eigenvalue weighted by Crippen LogP contribution is 2.38. The predicted octanol–water partition coefficient (Wildman–Crippen LogP) is 4.78. The zero-order chi connectivity index (χ0) is 27.9. The van der Waals surface area contributed by atoms with Gasteiger partial charge in [-0.2, -0.15) is 23.4 Å². The van der Waals surface area contributed by atoms with Gasteiger partial charge in [-0.05, 0) is 44.5 Å². The van der Waals surface area contributed by atoms with Crippen molar-refractivity contribution in [2.75, 3.05) is 48.1 Å². The lowest BCUT2D eigenvalue weighted by molar-refractivity contribution is -0.137. The highest BCUT2D eigenvalue weighted by atomic mass is 19.4. The van der Waals surface area contributed by atoms with Gasteiger partial charge in [0.1, 0.15) is 6.04 Å². The van der Waals surface area contributed by atoms with Gasteiger partial charge < -0.3 is 15.0 Å². The molecule has 0 spiro atoms. The molecule has 39 heavy (non-hydrogen) atoms. The molecule has 1 N–H and O–H groups in total. The van der Waals surface area contributed by atoms with E-state index in [0.717, 1.165) is 23.4 Å². The predicted molar refractivity (Wildman–Crippen MR) is 139 cm³/mol. The Morgan fingerprint density at radius 3 is 2.49 bits per heavy atom. The molecule has 0 saturated carbocycles. The molecule has 2 aromatic heterocycles. The second-order valence-electron chi connectivity index (χ2n) is 9.66. The fourth-order valence-electron chi connectivity index (χ4n) is 4.74. The number of alkyl halides is 3. The normalized spacial score (nSPS) is 17.7. The summed E-state index contributed by atoms with van der Waals surface area (Å²) in [5.41, 5.74) is 3.58. The van der Waals surface area contributed by atoms with Crippen LogP contribution in [0.25, 0.3) is 0 Å². The van der Waals surface area contributed by atoms with Gasteiger partial charge in [-0.3, -0.25) is 14.5 Å². The molecular weight excluding hydrogens is 513 g/mol. The Labute approximate surface area is 223 Å². The standard InChI is InChI=1S/C26H29F3N8O2/c1-15-21(10-19(26(27,28)29)11-23(15)36-5-7-39-8-6-36)32-25(38)18-9-24(16(2)30-12-18)37-14-22(33-34-37)20-13-31-35(4)17(20)3/h9-13,22H,5-8,14H2,1-4H3,(H,32,38). The van der Waals surface area contributed by atoms with Crippen LogP contribution in [-0.2, 0) is 18.0 Å². The average Bonchev–Trinajstić information content (AvgIpc) is 3.52. The van der Waals surface area contributed by atoms with Crippen molar-refractivity contribution in [3.63, 3.8) is 0 Å². The van der Waals surface area contributed by atoms with Gasteiger partial charge in [0.25, 0.3) is 5.91 Å². The monoisotopic (exact) mass is 542 g/mol. The van der Waals surface area contributed by atoms with E-state index in [9.17, 15) is 18.0 Å². The summed E-state index contributed by atoms with van der Waals surface area (Å²) >= 11 is 0. The van der Waals surface area contributed by atoms with Gasteiger partial charge in [-0.15, -0.1) is 0 Å². The lowest BCUT2D eigenvalue weighted by atomic mass is 10.0. The van der Waals surface area contributed by atoms with Crippen LogP contribution in [0.1, 0.15) is 44.5 Å². The molecule has 2 aliphatic rings. The minimum atomic E-state index is -4.57. The van der Waals surface area contributed by atoms with E-state index in [1.54, 1.807) is 35.8 Å². The van der Waals surface area contributed by atoms with Crippen LogP contribution < -0.4 is 15.2 Å². The van der Waals surface area contributed by atoms with E-state index in [1.165, 1.54) is 6.20 Å². The van der Waals surface area contributed by atoms with Gasteiger partial charge in [0.15, 0.2) is 0 Å². The first-order valence-corrected chi connectivity index (χ1v) is 12.5. The molecule has 10 nitrogen and oxygen atoms in total. The van der Waals surface area contributed by atoms with Gasteiger partial charge in [0.2, 0.25) is 0 Å². The zero-order valence-electron chi connectivity index (χ0n) is 22.1. The van der Waals surface area contributed by atoms with Gasteiger partial charge >= 0.3 is 6.18 Å². The smallest absolute Gasteiger partial charge is 0.378 e. The number of hydrogen-bond donors (Lipinski definition) is 1. The number of rotatable bonds is 5. The number of carbonyl (C=O) groups excluding carboxylic acids is 1. The number of benzene rings is 1. The fourth-order valence-corrected chi connectivity index (χ4v) is 4.74. The van der Waals surface area contributed by atoms with Crippen LogP contribution in [0, 0.1) is 20.8 Å². The van der Waals surface area contributed by atoms with E-state index >= 15 is 0 Å². The van der Waals surface area contributed by atoms with Crippen LogP contribution in [0.3, 0.4) is 0 Å². The average molecular weight is 543 g/mol. The molecule has 1 amide bonds. The second kappa shape index (κ2) is 10.3. The third-order valence-corrected chi connectivity index (χ3v) is 7.19. The van der Waals surface area contributed by atoms with Crippen molar-refractivity contribution in [1.29, 1.82) is 0 Å². The van der Waals surface area contributed by atoms with E-state index in [0.29, 0.717) is 55.5 Å². The van der Waals surface area contributed by atoms with Crippen molar-refractivity contribution in [3.05, 3.63) is 64.2 Å². The molecule has 0 bridgehead atoms. The molecule has 4 heterocycles. The summed E-state index contributed by atoms with van der Waals surface area (Å²) in [6.07, 6.45) is -1.41. The van der Waals surface area contributed by atoms with Gasteiger partial charge in [0.05, 0.1) is 48.5 Å². The maximum Gasteiger partial charge on any atom is 0.416 e. The van der Waals surface area contributed by atoms with Crippen molar-refractivity contribution in [2.45, 2.75) is 33.0 Å². The molecular formula is C26H29F3N8O2. The first-order chi connectivity index (χ1) is 18.5. The third-order valence-electron chi connectivity index (χ3n) is 7.19. The van der Waals surface area contributed by atoms with Gasteiger partial charge in [-0.1, -0.05) is 5.22 Å². The van der Waals surface area contributed by atoms with Gasteiger partial charge in [-0.25, -0.2) is 5.01 Å². The molecule has 1 saturated heterocycles. The Kier molecular flexibility index (Phi) is 7.02. The molecule has 13 heteroatoms. The maximum absolute atomic E-state index is 13.8. The molecule has 0 aliphatic carbocycles. The summed E-state index contributed by atoms with van der Waals surface area (Å²) in [6, 6.07) is 3.50. The largest absolute Gasteiger partial charge is 0.416 e. The molecule has 1 unspecified atom stereocenters. The Morgan fingerprint density at radius 1 is 1.08 bits per heavy atom. The minimum absolute atomic E-state index is 0.0893. The highest BCUT2D eigenvalue weighted by Gasteiger charge is 2.33. The number of ether oxygens (including phenoxy) is 1. The lowest BCUT2D eigenvalue weighted by Crippen LogP contribution is -2.37. The first kappa shape index (κ1) is 26.6. The maximum atomic E-state index is 13.8. The van der Waals surface area contributed by atoms with Crippen molar-refractivity contribution in [1.82, 2.24) is 14.8 Å². The van der Waals surface area contributed by atoms with E-state index < -0.39 is 17.6 Å². The van der Waals surface area contributed by atoms with Crippen molar-refractivity contribution >= 4 is 23.0 Å². The number of morpholine rings is 1. The Balaban J connectivity index is 1.40. The summed E-state index contributed by atoms with van der Waals surface area (Å²) < 4.78 is 48.4.